The number of carbonyl (C=O) groups is 1. The van der Waals surface area contributed by atoms with Gasteiger partial charge >= 0.3 is 0 Å². The molecule has 0 aromatic heterocycles. The molecule has 0 radical (unpaired) electrons. The number of aliphatic hydroxyl groups is 1. The van der Waals surface area contributed by atoms with E-state index in [4.69, 9.17) is 5.11 Å². The molecule has 1 unspecified atom stereocenters. The lowest BCUT2D eigenvalue weighted by molar-refractivity contribution is -0.112. The van der Waals surface area contributed by atoms with Crippen LogP contribution in [-0.2, 0) is 4.79 Å². The van der Waals surface area contributed by atoms with Crippen molar-refractivity contribution in [2.45, 2.75) is 13.0 Å². The maximum absolute atomic E-state index is 10.0. The number of carbonyl (C=O) groups excluding carboxylic acids is 1. The molecule has 0 saturated heterocycles. The fraction of sp³-hybridized carbons (Fsp3) is 0.286. The molecule has 0 saturated carbocycles. The summed E-state index contributed by atoms with van der Waals surface area (Å²) in [5.41, 5.74) is 5.18. The molecule has 0 bridgehead atoms. The standard InChI is InChI=1S/C7H9NO2/c1-5(2)6(9)3-4-7(8)10/h6,9H,1H2,2H3,(H2,8,10). The van der Waals surface area contributed by atoms with E-state index in [9.17, 15) is 4.79 Å². The van der Waals surface area contributed by atoms with Crippen LogP contribution in [0.5, 0.6) is 0 Å². The first-order valence-electron chi connectivity index (χ1n) is 2.68. The van der Waals surface area contributed by atoms with Crippen LogP contribution < -0.4 is 5.73 Å². The van der Waals surface area contributed by atoms with Crippen LogP contribution >= 0.6 is 0 Å². The van der Waals surface area contributed by atoms with E-state index in [1.54, 1.807) is 6.92 Å². The van der Waals surface area contributed by atoms with Gasteiger partial charge in [0.1, 0.15) is 6.10 Å². The third-order valence-electron chi connectivity index (χ3n) is 0.799. The SMILES string of the molecule is C=C(C)C(O)C#CC(N)=O. The highest BCUT2D eigenvalue weighted by molar-refractivity contribution is 5.92. The minimum absolute atomic E-state index is 0.494. The van der Waals surface area contributed by atoms with Crippen LogP contribution in [0.25, 0.3) is 0 Å². The predicted octanol–water partition coefficient (Wildman–Crippen LogP) is -0.588. The Hall–Kier alpha value is -1.27. The molecule has 3 heteroatoms. The molecule has 0 aromatic carbocycles. The van der Waals surface area contributed by atoms with E-state index in [1.807, 2.05) is 5.92 Å². The molecule has 0 fully saturated rings. The molecule has 1 amide bonds. The van der Waals surface area contributed by atoms with Crippen molar-refractivity contribution < 1.29 is 9.90 Å². The van der Waals surface area contributed by atoms with Gasteiger partial charge in [0.25, 0.3) is 5.91 Å². The molecule has 0 heterocycles. The number of hydrogen-bond acceptors (Lipinski definition) is 2. The van der Waals surface area contributed by atoms with Crippen molar-refractivity contribution in [1.82, 2.24) is 0 Å². The lowest BCUT2D eigenvalue weighted by Crippen LogP contribution is -2.09. The minimum atomic E-state index is -0.951. The van der Waals surface area contributed by atoms with Crippen molar-refractivity contribution in [3.05, 3.63) is 12.2 Å². The first kappa shape index (κ1) is 8.73. The summed E-state index contributed by atoms with van der Waals surface area (Å²) in [6, 6.07) is 0. The second-order valence-electron chi connectivity index (χ2n) is 1.88. The Morgan fingerprint density at radius 2 is 2.30 bits per heavy atom. The molecular formula is C7H9NO2. The third kappa shape index (κ3) is 3.70. The Balaban J connectivity index is 4.05. The zero-order chi connectivity index (χ0) is 8.15. The molecule has 1 atom stereocenters. The summed E-state index contributed by atoms with van der Waals surface area (Å²) in [6.45, 7) is 5.04. The number of hydrogen-bond donors (Lipinski definition) is 2. The average molecular weight is 139 g/mol. The summed E-state index contributed by atoms with van der Waals surface area (Å²) in [7, 11) is 0. The van der Waals surface area contributed by atoms with Crippen LogP contribution in [0.4, 0.5) is 0 Å². The Kier molecular flexibility index (Phi) is 3.23. The summed E-state index contributed by atoms with van der Waals surface area (Å²) in [6.07, 6.45) is -0.951. The van der Waals surface area contributed by atoms with Crippen LogP contribution in [0.2, 0.25) is 0 Å². The molecule has 10 heavy (non-hydrogen) atoms. The Morgan fingerprint density at radius 3 is 2.60 bits per heavy atom. The maximum atomic E-state index is 10.0. The second kappa shape index (κ2) is 3.70. The Bertz CT molecular complexity index is 209. The molecular weight excluding hydrogens is 130 g/mol. The molecule has 0 aliphatic heterocycles. The van der Waals surface area contributed by atoms with Crippen molar-refractivity contribution in [1.29, 1.82) is 0 Å². The molecule has 0 aromatic rings. The molecule has 3 N–H and O–H groups in total. The summed E-state index contributed by atoms with van der Waals surface area (Å²) in [4.78, 5) is 10.0. The number of primary amides is 1. The lowest BCUT2D eigenvalue weighted by atomic mass is 10.2. The highest BCUT2D eigenvalue weighted by Crippen LogP contribution is 1.93. The maximum Gasteiger partial charge on any atom is 0.293 e. The highest BCUT2D eigenvalue weighted by atomic mass is 16.3. The van der Waals surface area contributed by atoms with Crippen LogP contribution in [-0.4, -0.2) is 17.1 Å². The number of nitrogens with two attached hydrogens (primary N) is 1. The van der Waals surface area contributed by atoms with E-state index in [2.05, 4.69) is 18.2 Å². The van der Waals surface area contributed by atoms with E-state index >= 15 is 0 Å². The smallest absolute Gasteiger partial charge is 0.293 e. The van der Waals surface area contributed by atoms with Gasteiger partial charge in [0.2, 0.25) is 0 Å². The van der Waals surface area contributed by atoms with Gasteiger partial charge in [-0.15, -0.1) is 0 Å². The van der Waals surface area contributed by atoms with Crippen molar-refractivity contribution in [2.75, 3.05) is 0 Å². The summed E-state index contributed by atoms with van der Waals surface area (Å²) in [5, 5.41) is 8.89. The van der Waals surface area contributed by atoms with Gasteiger partial charge in [-0.1, -0.05) is 12.5 Å². The fourth-order valence-electron chi connectivity index (χ4n) is 0.263. The summed E-state index contributed by atoms with van der Waals surface area (Å²) < 4.78 is 0. The van der Waals surface area contributed by atoms with Crippen molar-refractivity contribution in [3.8, 4) is 11.8 Å². The van der Waals surface area contributed by atoms with Gasteiger partial charge in [0.15, 0.2) is 0 Å². The van der Waals surface area contributed by atoms with Gasteiger partial charge in [-0.05, 0) is 18.4 Å². The number of aliphatic hydroxyl groups excluding tert-OH is 1. The Morgan fingerprint density at radius 1 is 1.80 bits per heavy atom. The van der Waals surface area contributed by atoms with Gasteiger partial charge in [0, 0.05) is 0 Å². The molecule has 0 aliphatic carbocycles. The van der Waals surface area contributed by atoms with E-state index < -0.39 is 12.0 Å². The first-order valence-corrected chi connectivity index (χ1v) is 2.68. The van der Waals surface area contributed by atoms with Crippen molar-refractivity contribution >= 4 is 5.91 Å². The van der Waals surface area contributed by atoms with Gasteiger partial charge in [-0.2, -0.15) is 0 Å². The largest absolute Gasteiger partial charge is 0.376 e. The van der Waals surface area contributed by atoms with E-state index in [0.29, 0.717) is 5.57 Å². The zero-order valence-electron chi connectivity index (χ0n) is 5.72. The normalized spacial score (nSPS) is 11.0. The second-order valence-corrected chi connectivity index (χ2v) is 1.88. The van der Waals surface area contributed by atoms with Crippen LogP contribution in [0, 0.1) is 11.8 Å². The van der Waals surface area contributed by atoms with Crippen molar-refractivity contribution in [3.63, 3.8) is 0 Å². The lowest BCUT2D eigenvalue weighted by Gasteiger charge is -1.97. The minimum Gasteiger partial charge on any atom is -0.376 e. The van der Waals surface area contributed by atoms with Gasteiger partial charge in [0.05, 0.1) is 0 Å². The van der Waals surface area contributed by atoms with E-state index in [1.165, 1.54) is 0 Å². The summed E-state index contributed by atoms with van der Waals surface area (Å²) >= 11 is 0. The van der Waals surface area contributed by atoms with E-state index in [-0.39, 0.29) is 0 Å². The molecule has 54 valence electrons. The highest BCUT2D eigenvalue weighted by Gasteiger charge is 1.96. The number of rotatable bonds is 1. The average Bonchev–Trinajstić information content (AvgIpc) is 1.82. The van der Waals surface area contributed by atoms with Gasteiger partial charge in [-0.3, -0.25) is 4.79 Å². The predicted molar refractivity (Wildman–Crippen MR) is 37.8 cm³/mol. The molecule has 0 rings (SSSR count). The first-order chi connectivity index (χ1) is 4.54. The van der Waals surface area contributed by atoms with Crippen molar-refractivity contribution in [2.24, 2.45) is 5.73 Å². The van der Waals surface area contributed by atoms with Crippen LogP contribution in [0.15, 0.2) is 12.2 Å². The number of amides is 1. The van der Waals surface area contributed by atoms with E-state index in [0.717, 1.165) is 0 Å². The summed E-state index contributed by atoms with van der Waals surface area (Å²) in [5.74, 6) is 3.47. The van der Waals surface area contributed by atoms with Crippen LogP contribution in [0.1, 0.15) is 6.92 Å². The van der Waals surface area contributed by atoms with Gasteiger partial charge < -0.3 is 10.8 Å². The van der Waals surface area contributed by atoms with Gasteiger partial charge in [-0.25, -0.2) is 0 Å². The molecule has 3 nitrogen and oxygen atoms in total. The topological polar surface area (TPSA) is 63.3 Å². The third-order valence-corrected chi connectivity index (χ3v) is 0.799. The molecule has 0 spiro atoms. The fourth-order valence-corrected chi connectivity index (χ4v) is 0.263. The Labute approximate surface area is 59.5 Å². The quantitative estimate of drug-likeness (QED) is 0.377. The monoisotopic (exact) mass is 139 g/mol. The zero-order valence-corrected chi connectivity index (χ0v) is 5.72. The van der Waals surface area contributed by atoms with Crippen LogP contribution in [0.3, 0.4) is 0 Å². The molecule has 0 aliphatic rings.